The Labute approximate surface area is 95.5 Å². The summed E-state index contributed by atoms with van der Waals surface area (Å²) in [5.41, 5.74) is 0. The fourth-order valence-electron chi connectivity index (χ4n) is 0.902. The van der Waals surface area contributed by atoms with Gasteiger partial charge in [0.15, 0.2) is 5.78 Å². The molecule has 2 N–H and O–H groups in total. The maximum Gasteiger partial charge on any atom is 0.160 e. The van der Waals surface area contributed by atoms with Crippen LogP contribution in [0.4, 0.5) is 0 Å². The van der Waals surface area contributed by atoms with E-state index in [1.807, 2.05) is 0 Å². The van der Waals surface area contributed by atoms with Crippen molar-refractivity contribution in [1.29, 1.82) is 0 Å². The van der Waals surface area contributed by atoms with Crippen molar-refractivity contribution in [2.75, 3.05) is 37.9 Å². The number of carbonyl (C=O) groups is 1. The van der Waals surface area contributed by atoms with Gasteiger partial charge >= 0.3 is 0 Å². The molecule has 0 fully saturated rings. The number of hydrogen-bond acceptors (Lipinski definition) is 3. The molecule has 5 heteroatoms. The minimum Gasteiger partial charge on any atom is -0.310 e. The van der Waals surface area contributed by atoms with E-state index in [2.05, 4.69) is 10.6 Å². The molecule has 0 spiro atoms. The molecule has 0 aromatic carbocycles. The molecule has 0 radical (unpaired) electrons. The standard InChI is InChI=1S/C9H18Cl2N2O/c10-3-1-5-12-7-9(14)8-13-6-2-4-11/h12-13H,1-8H2. The molecule has 0 aliphatic heterocycles. The van der Waals surface area contributed by atoms with E-state index in [0.717, 1.165) is 25.9 Å². The van der Waals surface area contributed by atoms with Crippen LogP contribution in [0.15, 0.2) is 0 Å². The maximum absolute atomic E-state index is 11.2. The normalized spacial score (nSPS) is 10.4. The number of alkyl halides is 2. The van der Waals surface area contributed by atoms with Crippen LogP contribution < -0.4 is 10.6 Å². The van der Waals surface area contributed by atoms with E-state index in [1.54, 1.807) is 0 Å². The second-order valence-electron chi connectivity index (χ2n) is 2.98. The van der Waals surface area contributed by atoms with Crippen molar-refractivity contribution >= 4 is 29.0 Å². The van der Waals surface area contributed by atoms with Gasteiger partial charge in [0, 0.05) is 11.8 Å². The molecule has 0 unspecified atom stereocenters. The van der Waals surface area contributed by atoms with E-state index in [1.165, 1.54) is 0 Å². The largest absolute Gasteiger partial charge is 0.310 e. The van der Waals surface area contributed by atoms with Gasteiger partial charge in [-0.25, -0.2) is 0 Å². The quantitative estimate of drug-likeness (QED) is 0.442. The summed E-state index contributed by atoms with van der Waals surface area (Å²) < 4.78 is 0. The van der Waals surface area contributed by atoms with E-state index >= 15 is 0 Å². The van der Waals surface area contributed by atoms with Gasteiger partial charge in [0.25, 0.3) is 0 Å². The molecule has 0 aliphatic rings. The van der Waals surface area contributed by atoms with Gasteiger partial charge in [-0.2, -0.15) is 0 Å². The minimum atomic E-state index is 0.175. The highest BCUT2D eigenvalue weighted by Crippen LogP contribution is 1.82. The van der Waals surface area contributed by atoms with Crippen LogP contribution in [-0.4, -0.2) is 43.7 Å². The van der Waals surface area contributed by atoms with Gasteiger partial charge in [-0.05, 0) is 25.9 Å². The lowest BCUT2D eigenvalue weighted by molar-refractivity contribution is -0.117. The molecular weight excluding hydrogens is 223 g/mol. The van der Waals surface area contributed by atoms with Gasteiger partial charge in [0.1, 0.15) is 0 Å². The number of ketones is 1. The predicted molar refractivity (Wildman–Crippen MR) is 61.4 cm³/mol. The monoisotopic (exact) mass is 240 g/mol. The molecule has 0 atom stereocenters. The molecule has 0 rings (SSSR count). The third-order valence-corrected chi connectivity index (χ3v) is 2.15. The van der Waals surface area contributed by atoms with Gasteiger partial charge in [0.2, 0.25) is 0 Å². The Morgan fingerprint density at radius 2 is 1.36 bits per heavy atom. The van der Waals surface area contributed by atoms with Crippen LogP contribution >= 0.6 is 23.2 Å². The molecule has 0 heterocycles. The minimum absolute atomic E-state index is 0.175. The number of halogens is 2. The van der Waals surface area contributed by atoms with E-state index < -0.39 is 0 Å². The molecule has 0 amide bonds. The molecule has 14 heavy (non-hydrogen) atoms. The van der Waals surface area contributed by atoms with Crippen molar-refractivity contribution in [2.24, 2.45) is 0 Å². The summed E-state index contributed by atoms with van der Waals surface area (Å²) in [5, 5.41) is 6.05. The zero-order valence-electron chi connectivity index (χ0n) is 8.32. The van der Waals surface area contributed by atoms with Crippen molar-refractivity contribution in [3.05, 3.63) is 0 Å². The summed E-state index contributed by atoms with van der Waals surface area (Å²) in [6.45, 7) is 2.45. The molecule has 0 aromatic heterocycles. The van der Waals surface area contributed by atoms with Crippen molar-refractivity contribution in [1.82, 2.24) is 10.6 Å². The van der Waals surface area contributed by atoms with Crippen molar-refractivity contribution < 1.29 is 4.79 Å². The number of carbonyl (C=O) groups excluding carboxylic acids is 1. The summed E-state index contributed by atoms with van der Waals surface area (Å²) >= 11 is 11.0. The van der Waals surface area contributed by atoms with Crippen molar-refractivity contribution in [3.63, 3.8) is 0 Å². The van der Waals surface area contributed by atoms with Gasteiger partial charge in [-0.3, -0.25) is 4.79 Å². The van der Waals surface area contributed by atoms with Gasteiger partial charge in [-0.15, -0.1) is 23.2 Å². The predicted octanol–water partition coefficient (Wildman–Crippen LogP) is 0.992. The first kappa shape index (κ1) is 14.2. The molecule has 0 saturated carbocycles. The third kappa shape index (κ3) is 10.3. The lowest BCUT2D eigenvalue weighted by Crippen LogP contribution is -2.32. The number of hydrogen-bond donors (Lipinski definition) is 2. The van der Waals surface area contributed by atoms with Crippen LogP contribution in [0, 0.1) is 0 Å². The molecular formula is C9H18Cl2N2O. The van der Waals surface area contributed by atoms with Gasteiger partial charge in [-0.1, -0.05) is 0 Å². The Kier molecular flexibility index (Phi) is 11.4. The zero-order chi connectivity index (χ0) is 10.6. The fraction of sp³-hybridized carbons (Fsp3) is 0.889. The molecule has 0 saturated heterocycles. The first-order valence-corrected chi connectivity index (χ1v) is 5.93. The van der Waals surface area contributed by atoms with Crippen LogP contribution in [0.3, 0.4) is 0 Å². The Morgan fingerprint density at radius 1 is 0.929 bits per heavy atom. The second kappa shape index (κ2) is 11.2. The highest BCUT2D eigenvalue weighted by Gasteiger charge is 1.99. The molecule has 0 aromatic rings. The summed E-state index contributed by atoms with van der Waals surface area (Å²) in [5.74, 6) is 1.44. The topological polar surface area (TPSA) is 41.1 Å². The number of rotatable bonds is 10. The van der Waals surface area contributed by atoms with Crippen LogP contribution in [-0.2, 0) is 4.79 Å². The molecule has 0 bridgehead atoms. The van der Waals surface area contributed by atoms with Crippen molar-refractivity contribution in [3.8, 4) is 0 Å². The van der Waals surface area contributed by atoms with E-state index in [4.69, 9.17) is 23.2 Å². The Bertz CT molecular complexity index is 131. The number of Topliss-reactive ketones (excluding diaryl/α,β-unsaturated/α-hetero) is 1. The maximum atomic E-state index is 11.2. The van der Waals surface area contributed by atoms with E-state index in [9.17, 15) is 4.79 Å². The third-order valence-electron chi connectivity index (χ3n) is 1.62. The summed E-state index contributed by atoms with van der Waals surface area (Å²) in [7, 11) is 0. The SMILES string of the molecule is O=C(CNCCCCl)CNCCCCl. The fourth-order valence-corrected chi connectivity index (χ4v) is 1.17. The number of nitrogens with one attached hydrogen (secondary N) is 2. The second-order valence-corrected chi connectivity index (χ2v) is 3.73. The first-order chi connectivity index (χ1) is 6.81. The Balaban J connectivity index is 3.11. The average Bonchev–Trinajstić information content (AvgIpc) is 2.19. The van der Waals surface area contributed by atoms with Crippen LogP contribution in [0.25, 0.3) is 0 Å². The summed E-state index contributed by atoms with van der Waals surface area (Å²) in [4.78, 5) is 11.2. The lowest BCUT2D eigenvalue weighted by Gasteiger charge is -2.04. The van der Waals surface area contributed by atoms with Crippen LogP contribution in [0.5, 0.6) is 0 Å². The lowest BCUT2D eigenvalue weighted by atomic mass is 10.3. The highest BCUT2D eigenvalue weighted by atomic mass is 35.5. The Hall–Kier alpha value is 0.170. The average molecular weight is 241 g/mol. The van der Waals surface area contributed by atoms with E-state index in [-0.39, 0.29) is 5.78 Å². The van der Waals surface area contributed by atoms with Gasteiger partial charge < -0.3 is 10.6 Å². The van der Waals surface area contributed by atoms with E-state index in [0.29, 0.717) is 24.8 Å². The zero-order valence-corrected chi connectivity index (χ0v) is 9.83. The highest BCUT2D eigenvalue weighted by molar-refractivity contribution is 6.18. The van der Waals surface area contributed by atoms with Crippen molar-refractivity contribution in [2.45, 2.75) is 12.8 Å². The molecule has 3 nitrogen and oxygen atoms in total. The van der Waals surface area contributed by atoms with Gasteiger partial charge in [0.05, 0.1) is 13.1 Å². The summed E-state index contributed by atoms with van der Waals surface area (Å²) in [6, 6.07) is 0. The first-order valence-electron chi connectivity index (χ1n) is 4.86. The Morgan fingerprint density at radius 3 is 1.71 bits per heavy atom. The summed E-state index contributed by atoms with van der Waals surface area (Å²) in [6.07, 6.45) is 1.79. The molecule has 0 aliphatic carbocycles. The van der Waals surface area contributed by atoms with Crippen LogP contribution in [0.2, 0.25) is 0 Å². The smallest absolute Gasteiger partial charge is 0.160 e. The molecule has 84 valence electrons. The van der Waals surface area contributed by atoms with Crippen LogP contribution in [0.1, 0.15) is 12.8 Å².